The number of aromatic nitrogens is 8. The number of hydrogen-bond donors (Lipinski definition) is 2. The molecule has 176 valence electrons. The third-order valence-corrected chi connectivity index (χ3v) is 8.54. The molecule has 0 saturated carbocycles. The molecule has 13 heteroatoms. The Morgan fingerprint density at radius 3 is 2.62 bits per heavy atom. The minimum absolute atomic E-state index is 0.0929. The van der Waals surface area contributed by atoms with E-state index in [0.29, 0.717) is 29.2 Å². The Balaban J connectivity index is 1.50. The van der Waals surface area contributed by atoms with Crippen LogP contribution in [0.15, 0.2) is 12.7 Å². The Morgan fingerprint density at radius 1 is 1.06 bits per heavy atom. The highest BCUT2D eigenvalue weighted by atomic mass is 32.2. The molecule has 12 nitrogen and oxygen atoms in total. The summed E-state index contributed by atoms with van der Waals surface area (Å²) in [6, 6.07) is -0.187. The van der Waals surface area contributed by atoms with Crippen LogP contribution in [0.3, 0.4) is 0 Å². The zero-order chi connectivity index (χ0) is 23.8. The standard InChI is InChI=1S/C21H23N9O3S/c1-10-16(12(3)29(27-10)13-4-5-34(32,33)7-13)14-6-15(31)26-20-17(14)11(2)28-30(20)21-18-19(23-8-22-18)24-9-25-21/h8-9,13-14H,4-7H2,1-3H3,(H,26,31)(H,22,23,24,25)/t13-,14-/m0/s1. The highest BCUT2D eigenvalue weighted by Gasteiger charge is 2.38. The van der Waals surface area contributed by atoms with Gasteiger partial charge in [-0.05, 0) is 27.2 Å². The summed E-state index contributed by atoms with van der Waals surface area (Å²) in [5.74, 6) is 0.924. The zero-order valence-corrected chi connectivity index (χ0v) is 19.7. The molecular formula is C21H23N9O3S. The maximum Gasteiger partial charge on any atom is 0.226 e. The van der Waals surface area contributed by atoms with Gasteiger partial charge in [0.1, 0.15) is 17.7 Å². The predicted octanol–water partition coefficient (Wildman–Crippen LogP) is 1.49. The van der Waals surface area contributed by atoms with Gasteiger partial charge in [0.05, 0.1) is 35.3 Å². The molecule has 34 heavy (non-hydrogen) atoms. The van der Waals surface area contributed by atoms with Crippen LogP contribution in [0.5, 0.6) is 0 Å². The van der Waals surface area contributed by atoms with Crippen molar-refractivity contribution in [2.24, 2.45) is 0 Å². The van der Waals surface area contributed by atoms with E-state index in [2.05, 4.69) is 25.3 Å². The van der Waals surface area contributed by atoms with Crippen molar-refractivity contribution in [1.29, 1.82) is 0 Å². The van der Waals surface area contributed by atoms with Crippen molar-refractivity contribution in [2.45, 2.75) is 45.6 Å². The summed E-state index contributed by atoms with van der Waals surface area (Å²) < 4.78 is 27.6. The van der Waals surface area contributed by atoms with E-state index in [1.165, 1.54) is 12.7 Å². The number of imidazole rings is 1. The summed E-state index contributed by atoms with van der Waals surface area (Å²) in [5.41, 5.74) is 5.40. The number of fused-ring (bicyclic) bond motifs is 2. The molecule has 1 fully saturated rings. The number of rotatable bonds is 3. The molecule has 0 aromatic carbocycles. The maximum absolute atomic E-state index is 12.9. The molecule has 2 atom stereocenters. The lowest BCUT2D eigenvalue weighted by Gasteiger charge is -2.25. The van der Waals surface area contributed by atoms with Gasteiger partial charge in [-0.15, -0.1) is 0 Å². The summed E-state index contributed by atoms with van der Waals surface area (Å²) >= 11 is 0. The van der Waals surface area contributed by atoms with E-state index in [-0.39, 0.29) is 35.8 Å². The van der Waals surface area contributed by atoms with Crippen LogP contribution in [0.25, 0.3) is 17.0 Å². The summed E-state index contributed by atoms with van der Waals surface area (Å²) in [7, 11) is -3.05. The Labute approximate surface area is 194 Å². The summed E-state index contributed by atoms with van der Waals surface area (Å²) in [6.45, 7) is 5.77. The SMILES string of the molecule is Cc1nn(-c2ncnc3nc[nH]c23)c2c1[C@H](c1c(C)nn([C@H]3CCS(=O)(=O)C3)c1C)CC(=O)N2. The molecule has 0 aliphatic carbocycles. The average molecular weight is 482 g/mol. The predicted molar refractivity (Wildman–Crippen MR) is 123 cm³/mol. The molecule has 6 heterocycles. The lowest BCUT2D eigenvalue weighted by molar-refractivity contribution is -0.116. The first-order valence-electron chi connectivity index (χ1n) is 11.0. The van der Waals surface area contributed by atoms with Gasteiger partial charge in [-0.2, -0.15) is 14.9 Å². The molecule has 0 spiro atoms. The molecule has 2 aliphatic heterocycles. The summed E-state index contributed by atoms with van der Waals surface area (Å²) in [5, 5.41) is 12.4. The summed E-state index contributed by atoms with van der Waals surface area (Å²) in [6.07, 6.45) is 3.75. The largest absolute Gasteiger partial charge is 0.340 e. The Bertz CT molecular complexity index is 1580. The Hall–Kier alpha value is -3.61. The Morgan fingerprint density at radius 2 is 1.85 bits per heavy atom. The number of carbonyl (C=O) groups excluding carboxylic acids is 1. The van der Waals surface area contributed by atoms with Crippen molar-refractivity contribution in [1.82, 2.24) is 39.5 Å². The van der Waals surface area contributed by atoms with Gasteiger partial charge in [0.15, 0.2) is 21.3 Å². The van der Waals surface area contributed by atoms with Crippen LogP contribution in [0, 0.1) is 20.8 Å². The lowest BCUT2D eigenvalue weighted by atomic mass is 9.84. The minimum Gasteiger partial charge on any atom is -0.340 e. The fourth-order valence-electron chi connectivity index (χ4n) is 5.36. The van der Waals surface area contributed by atoms with Crippen molar-refractivity contribution < 1.29 is 13.2 Å². The normalized spacial score (nSPS) is 21.7. The third kappa shape index (κ3) is 3.06. The van der Waals surface area contributed by atoms with Crippen molar-refractivity contribution in [2.75, 3.05) is 16.8 Å². The average Bonchev–Trinajstić information content (AvgIpc) is 3.53. The highest BCUT2D eigenvalue weighted by Crippen LogP contribution is 2.43. The molecule has 1 amide bonds. The molecule has 0 bridgehead atoms. The van der Waals surface area contributed by atoms with Gasteiger partial charge in [0.2, 0.25) is 5.91 Å². The molecule has 0 unspecified atom stereocenters. The topological polar surface area (TPSA) is 153 Å². The first kappa shape index (κ1) is 21.0. The van der Waals surface area contributed by atoms with E-state index in [9.17, 15) is 13.2 Å². The number of carbonyl (C=O) groups is 1. The lowest BCUT2D eigenvalue weighted by Crippen LogP contribution is -2.25. The van der Waals surface area contributed by atoms with Crippen molar-refractivity contribution in [3.05, 3.63) is 40.9 Å². The van der Waals surface area contributed by atoms with Crippen LogP contribution < -0.4 is 5.32 Å². The first-order valence-corrected chi connectivity index (χ1v) is 12.9. The second-order valence-corrected chi connectivity index (χ2v) is 11.2. The molecule has 4 aromatic rings. The first-order chi connectivity index (χ1) is 16.2. The van der Waals surface area contributed by atoms with Crippen molar-refractivity contribution >= 4 is 32.7 Å². The number of nitrogens with one attached hydrogen (secondary N) is 2. The third-order valence-electron chi connectivity index (χ3n) is 6.79. The van der Waals surface area contributed by atoms with E-state index in [1.807, 2.05) is 25.5 Å². The number of aryl methyl sites for hydroxylation is 2. The minimum atomic E-state index is -3.05. The number of aromatic amines is 1. The second-order valence-electron chi connectivity index (χ2n) is 8.95. The monoisotopic (exact) mass is 481 g/mol. The fourth-order valence-corrected chi connectivity index (χ4v) is 7.06. The van der Waals surface area contributed by atoms with E-state index in [4.69, 9.17) is 10.2 Å². The maximum atomic E-state index is 12.9. The van der Waals surface area contributed by atoms with Crippen LogP contribution in [0.1, 0.15) is 53.0 Å². The number of hydrogen-bond acceptors (Lipinski definition) is 8. The summed E-state index contributed by atoms with van der Waals surface area (Å²) in [4.78, 5) is 28.7. The van der Waals surface area contributed by atoms with Gasteiger partial charge in [-0.25, -0.2) is 23.4 Å². The molecule has 2 aliphatic rings. The van der Waals surface area contributed by atoms with Gasteiger partial charge in [-0.1, -0.05) is 0 Å². The molecule has 6 rings (SSSR count). The quantitative estimate of drug-likeness (QED) is 0.446. The van der Waals surface area contributed by atoms with Gasteiger partial charge in [0, 0.05) is 29.2 Å². The second kappa shape index (κ2) is 7.19. The van der Waals surface area contributed by atoms with Crippen molar-refractivity contribution in [3.8, 4) is 5.82 Å². The molecule has 4 aromatic heterocycles. The fraction of sp³-hybridized carbons (Fsp3) is 0.429. The van der Waals surface area contributed by atoms with Crippen LogP contribution in [-0.2, 0) is 14.6 Å². The van der Waals surface area contributed by atoms with Gasteiger partial charge in [-0.3, -0.25) is 9.48 Å². The number of nitrogens with zero attached hydrogens (tertiary/aromatic N) is 7. The molecule has 1 saturated heterocycles. The number of anilines is 1. The van der Waals surface area contributed by atoms with E-state index in [0.717, 1.165) is 28.2 Å². The van der Waals surface area contributed by atoms with Crippen LogP contribution >= 0.6 is 0 Å². The van der Waals surface area contributed by atoms with Gasteiger partial charge in [0.25, 0.3) is 0 Å². The number of H-pyrrole nitrogens is 1. The number of sulfone groups is 1. The van der Waals surface area contributed by atoms with Crippen LogP contribution in [-0.4, -0.2) is 65.3 Å². The van der Waals surface area contributed by atoms with Crippen LogP contribution in [0.4, 0.5) is 5.82 Å². The smallest absolute Gasteiger partial charge is 0.226 e. The zero-order valence-electron chi connectivity index (χ0n) is 18.9. The van der Waals surface area contributed by atoms with E-state index >= 15 is 0 Å². The molecule has 2 N–H and O–H groups in total. The highest BCUT2D eigenvalue weighted by molar-refractivity contribution is 7.91. The van der Waals surface area contributed by atoms with Gasteiger partial charge >= 0.3 is 0 Å². The molecular weight excluding hydrogens is 458 g/mol. The van der Waals surface area contributed by atoms with Gasteiger partial charge < -0.3 is 10.3 Å². The molecule has 0 radical (unpaired) electrons. The van der Waals surface area contributed by atoms with Crippen molar-refractivity contribution in [3.63, 3.8) is 0 Å². The number of amides is 1. The van der Waals surface area contributed by atoms with E-state index in [1.54, 1.807) is 4.68 Å². The van der Waals surface area contributed by atoms with Crippen LogP contribution in [0.2, 0.25) is 0 Å². The Kier molecular flexibility index (Phi) is 4.43. The van der Waals surface area contributed by atoms with E-state index < -0.39 is 9.84 Å².